The molecule has 0 amide bonds. The normalized spacial score (nSPS) is 19.6. The van der Waals surface area contributed by atoms with Crippen molar-refractivity contribution in [2.75, 3.05) is 19.0 Å². The van der Waals surface area contributed by atoms with Gasteiger partial charge < -0.3 is 15.4 Å². The summed E-state index contributed by atoms with van der Waals surface area (Å²) in [5.74, 6) is -0.352. The van der Waals surface area contributed by atoms with Crippen LogP contribution in [-0.4, -0.2) is 31.7 Å². The molecule has 1 aromatic rings. The third kappa shape index (κ3) is 3.87. The minimum atomic E-state index is -0.352. The maximum atomic E-state index is 11.8. The molecule has 4 nitrogen and oxygen atoms in total. The molecule has 0 aliphatic carbocycles. The predicted octanol–water partition coefficient (Wildman–Crippen LogP) is 3.07. The number of ether oxygens (including phenoxy) is 1. The number of anilines is 1. The first kappa shape index (κ1) is 15.1. The van der Waals surface area contributed by atoms with Crippen molar-refractivity contribution in [2.24, 2.45) is 0 Å². The Labute approximate surface area is 124 Å². The minimum Gasteiger partial charge on any atom is -0.465 e. The Morgan fingerprint density at radius 1 is 1.60 bits per heavy atom. The molecule has 5 heteroatoms. The van der Waals surface area contributed by atoms with Gasteiger partial charge >= 0.3 is 5.97 Å². The molecule has 2 rings (SSSR count). The van der Waals surface area contributed by atoms with Gasteiger partial charge in [-0.05, 0) is 50.9 Å². The van der Waals surface area contributed by atoms with Crippen molar-refractivity contribution < 1.29 is 9.53 Å². The van der Waals surface area contributed by atoms with Crippen molar-refractivity contribution in [3.05, 3.63) is 28.8 Å². The second kappa shape index (κ2) is 6.95. The molecule has 1 aliphatic heterocycles. The number of methoxy groups -OCH3 is 1. The molecule has 1 heterocycles. The molecule has 110 valence electrons. The van der Waals surface area contributed by atoms with Crippen LogP contribution in [0.15, 0.2) is 18.2 Å². The molecular weight excluding hydrogens is 276 g/mol. The average Bonchev–Trinajstić information content (AvgIpc) is 2.90. The summed E-state index contributed by atoms with van der Waals surface area (Å²) < 4.78 is 4.80. The zero-order chi connectivity index (χ0) is 14.5. The molecule has 2 N–H and O–H groups in total. The molecule has 20 heavy (non-hydrogen) atoms. The fourth-order valence-electron chi connectivity index (χ4n) is 2.63. The third-order valence-electron chi connectivity index (χ3n) is 3.59. The van der Waals surface area contributed by atoms with Gasteiger partial charge in [0.05, 0.1) is 18.4 Å². The van der Waals surface area contributed by atoms with Gasteiger partial charge in [-0.3, -0.25) is 0 Å². The van der Waals surface area contributed by atoms with Gasteiger partial charge in [-0.1, -0.05) is 11.6 Å². The van der Waals surface area contributed by atoms with E-state index in [0.717, 1.165) is 18.7 Å². The Kier molecular flexibility index (Phi) is 5.26. The van der Waals surface area contributed by atoms with Crippen LogP contribution in [0.2, 0.25) is 5.02 Å². The molecule has 2 atom stereocenters. The van der Waals surface area contributed by atoms with Gasteiger partial charge in [-0.25, -0.2) is 4.79 Å². The van der Waals surface area contributed by atoms with Crippen LogP contribution in [0.4, 0.5) is 5.69 Å². The van der Waals surface area contributed by atoms with Crippen LogP contribution in [0.1, 0.15) is 36.5 Å². The summed E-state index contributed by atoms with van der Waals surface area (Å²) in [6.07, 6.45) is 3.47. The quantitative estimate of drug-likeness (QED) is 0.820. The maximum absolute atomic E-state index is 11.8. The summed E-state index contributed by atoms with van der Waals surface area (Å²) in [5, 5.41) is 7.45. The van der Waals surface area contributed by atoms with Crippen LogP contribution in [0.5, 0.6) is 0 Å². The number of esters is 1. The Balaban J connectivity index is 2.06. The molecular formula is C15H21ClN2O2. The molecule has 0 spiro atoms. The first-order chi connectivity index (χ1) is 9.60. The van der Waals surface area contributed by atoms with Gasteiger partial charge in [-0.15, -0.1) is 0 Å². The number of carbonyl (C=O) groups excluding carboxylic acids is 1. The zero-order valence-electron chi connectivity index (χ0n) is 11.9. The highest BCUT2D eigenvalue weighted by Gasteiger charge is 2.19. The van der Waals surface area contributed by atoms with Gasteiger partial charge in [0.2, 0.25) is 0 Å². The fourth-order valence-corrected chi connectivity index (χ4v) is 2.81. The van der Waals surface area contributed by atoms with Crippen LogP contribution in [0.3, 0.4) is 0 Å². The van der Waals surface area contributed by atoms with Gasteiger partial charge in [0.1, 0.15) is 0 Å². The summed E-state index contributed by atoms with van der Waals surface area (Å²) in [6, 6.07) is 5.97. The molecule has 0 bridgehead atoms. The van der Waals surface area contributed by atoms with Crippen LogP contribution in [-0.2, 0) is 4.74 Å². The topological polar surface area (TPSA) is 50.4 Å². The summed E-state index contributed by atoms with van der Waals surface area (Å²) in [5.41, 5.74) is 1.25. The Morgan fingerprint density at radius 2 is 2.40 bits per heavy atom. The van der Waals surface area contributed by atoms with Gasteiger partial charge in [0.15, 0.2) is 0 Å². The van der Waals surface area contributed by atoms with E-state index in [1.165, 1.54) is 20.0 Å². The van der Waals surface area contributed by atoms with E-state index in [9.17, 15) is 4.79 Å². The van der Waals surface area contributed by atoms with Gasteiger partial charge in [-0.2, -0.15) is 0 Å². The highest BCUT2D eigenvalue weighted by molar-refractivity contribution is 6.31. The molecule has 0 aromatic heterocycles. The largest absolute Gasteiger partial charge is 0.465 e. The van der Waals surface area contributed by atoms with Gasteiger partial charge in [0, 0.05) is 17.1 Å². The van der Waals surface area contributed by atoms with Crippen LogP contribution in [0.25, 0.3) is 0 Å². The number of nitrogens with one attached hydrogen (secondary N) is 2. The van der Waals surface area contributed by atoms with E-state index in [-0.39, 0.29) is 12.0 Å². The predicted molar refractivity (Wildman–Crippen MR) is 81.5 cm³/mol. The number of rotatable bonds is 5. The van der Waals surface area contributed by atoms with E-state index in [1.54, 1.807) is 18.2 Å². The lowest BCUT2D eigenvalue weighted by atomic mass is 10.1. The summed E-state index contributed by atoms with van der Waals surface area (Å²) in [6.45, 7) is 3.21. The smallest absolute Gasteiger partial charge is 0.339 e. The molecule has 1 aromatic carbocycles. The second-order valence-corrected chi connectivity index (χ2v) is 5.69. The van der Waals surface area contributed by atoms with E-state index in [0.29, 0.717) is 16.6 Å². The first-order valence-corrected chi connectivity index (χ1v) is 7.35. The summed E-state index contributed by atoms with van der Waals surface area (Å²) in [7, 11) is 1.38. The Morgan fingerprint density at radius 3 is 3.05 bits per heavy atom. The number of benzene rings is 1. The molecule has 1 saturated heterocycles. The molecule has 0 saturated carbocycles. The highest BCUT2D eigenvalue weighted by Crippen LogP contribution is 2.24. The van der Waals surface area contributed by atoms with E-state index >= 15 is 0 Å². The second-order valence-electron chi connectivity index (χ2n) is 5.26. The van der Waals surface area contributed by atoms with Gasteiger partial charge in [0.25, 0.3) is 0 Å². The third-order valence-corrected chi connectivity index (χ3v) is 3.82. The highest BCUT2D eigenvalue weighted by atomic mass is 35.5. The van der Waals surface area contributed by atoms with E-state index in [2.05, 4.69) is 17.6 Å². The molecule has 1 aliphatic rings. The maximum Gasteiger partial charge on any atom is 0.339 e. The minimum absolute atomic E-state index is 0.257. The van der Waals surface area contributed by atoms with Crippen molar-refractivity contribution in [1.29, 1.82) is 0 Å². The fraction of sp³-hybridized carbons (Fsp3) is 0.533. The Hall–Kier alpha value is -1.26. The molecule has 0 radical (unpaired) electrons. The van der Waals surface area contributed by atoms with E-state index < -0.39 is 0 Å². The monoisotopic (exact) mass is 296 g/mol. The molecule has 2 unspecified atom stereocenters. The zero-order valence-corrected chi connectivity index (χ0v) is 12.7. The molecule has 1 fully saturated rings. The Bertz CT molecular complexity index is 473. The SMILES string of the molecule is COC(=O)c1ccc(Cl)cc1NC(C)CC1CCCN1. The lowest BCUT2D eigenvalue weighted by molar-refractivity contribution is 0.0602. The first-order valence-electron chi connectivity index (χ1n) is 6.98. The summed E-state index contributed by atoms with van der Waals surface area (Å²) in [4.78, 5) is 11.8. The average molecular weight is 297 g/mol. The number of hydrogen-bond acceptors (Lipinski definition) is 4. The summed E-state index contributed by atoms with van der Waals surface area (Å²) >= 11 is 6.01. The van der Waals surface area contributed by atoms with Crippen LogP contribution in [0, 0.1) is 0 Å². The van der Waals surface area contributed by atoms with E-state index in [4.69, 9.17) is 16.3 Å². The number of hydrogen-bond donors (Lipinski definition) is 2. The lowest BCUT2D eigenvalue weighted by Gasteiger charge is -2.21. The van der Waals surface area contributed by atoms with Crippen LogP contribution >= 0.6 is 11.6 Å². The van der Waals surface area contributed by atoms with E-state index in [1.807, 2.05) is 0 Å². The number of halogens is 1. The lowest BCUT2D eigenvalue weighted by Crippen LogP contribution is -2.29. The van der Waals surface area contributed by atoms with Crippen molar-refractivity contribution >= 4 is 23.3 Å². The van der Waals surface area contributed by atoms with Crippen molar-refractivity contribution in [1.82, 2.24) is 5.32 Å². The van der Waals surface area contributed by atoms with Crippen molar-refractivity contribution in [3.8, 4) is 0 Å². The van der Waals surface area contributed by atoms with Crippen molar-refractivity contribution in [3.63, 3.8) is 0 Å². The number of carbonyl (C=O) groups is 1. The van der Waals surface area contributed by atoms with Crippen LogP contribution < -0.4 is 10.6 Å². The standard InChI is InChI=1S/C15H21ClN2O2/c1-10(8-12-4-3-7-17-12)18-14-9-11(16)5-6-13(14)15(19)20-2/h5-6,9-10,12,17-18H,3-4,7-8H2,1-2H3. The van der Waals surface area contributed by atoms with Crippen molar-refractivity contribution in [2.45, 2.75) is 38.3 Å².